The van der Waals surface area contributed by atoms with Crippen molar-refractivity contribution in [2.75, 3.05) is 18.1 Å². The van der Waals surface area contributed by atoms with E-state index in [2.05, 4.69) is 10.1 Å². The first-order valence-electron chi connectivity index (χ1n) is 5.95. The summed E-state index contributed by atoms with van der Waals surface area (Å²) in [6, 6.07) is 4.44. The summed E-state index contributed by atoms with van der Waals surface area (Å²) in [4.78, 5) is 6.09. The van der Waals surface area contributed by atoms with Gasteiger partial charge in [-0.1, -0.05) is 5.16 Å². The Labute approximate surface area is 121 Å². The van der Waals surface area contributed by atoms with Crippen LogP contribution in [0, 0.1) is 5.82 Å². The largest absolute Gasteiger partial charge is 0.490 e. The highest BCUT2D eigenvalue weighted by Crippen LogP contribution is 2.32. The van der Waals surface area contributed by atoms with Gasteiger partial charge in [0.2, 0.25) is 5.89 Å². The molecule has 20 heavy (non-hydrogen) atoms. The lowest BCUT2D eigenvalue weighted by molar-refractivity contribution is 0.305. The van der Waals surface area contributed by atoms with Crippen LogP contribution in [0.2, 0.25) is 0 Å². The Kier molecular flexibility index (Phi) is 4.41. The Morgan fingerprint density at radius 2 is 2.25 bits per heavy atom. The molecule has 0 saturated carbocycles. The normalized spacial score (nSPS) is 13.4. The minimum Gasteiger partial charge on any atom is -0.490 e. The van der Waals surface area contributed by atoms with Crippen LogP contribution in [0.1, 0.15) is 11.7 Å². The zero-order valence-corrected chi connectivity index (χ0v) is 11.4. The summed E-state index contributed by atoms with van der Waals surface area (Å²) in [5, 5.41) is 3.83. The van der Waals surface area contributed by atoms with E-state index in [9.17, 15) is 4.39 Å². The van der Waals surface area contributed by atoms with E-state index < -0.39 is 0 Å². The first kappa shape index (κ1) is 14.5. The zero-order chi connectivity index (χ0) is 13.2. The molecular formula is C12H14ClFN4O2. The number of ether oxygens (including phenoxy) is 1. The molecule has 1 aromatic heterocycles. The number of halogens is 2. The number of hydrogen-bond acceptors (Lipinski definition) is 6. The predicted octanol–water partition coefficient (Wildman–Crippen LogP) is 1.49. The van der Waals surface area contributed by atoms with Crippen LogP contribution >= 0.6 is 12.4 Å². The van der Waals surface area contributed by atoms with Gasteiger partial charge in [-0.3, -0.25) is 0 Å². The van der Waals surface area contributed by atoms with Crippen LogP contribution < -0.4 is 15.4 Å². The van der Waals surface area contributed by atoms with E-state index in [-0.39, 0.29) is 24.8 Å². The number of nitrogens with two attached hydrogens (primary N) is 1. The smallest absolute Gasteiger partial charge is 0.240 e. The second-order valence-electron chi connectivity index (χ2n) is 4.19. The number of anilines is 1. The first-order valence-corrected chi connectivity index (χ1v) is 5.95. The maximum Gasteiger partial charge on any atom is 0.240 e. The number of nitrogens with zero attached hydrogens (tertiary/aromatic N) is 3. The van der Waals surface area contributed by atoms with Gasteiger partial charge < -0.3 is 19.9 Å². The molecule has 1 aliphatic rings. The summed E-state index contributed by atoms with van der Waals surface area (Å²) in [5.74, 6) is 1.28. The number of aromatic nitrogens is 2. The second-order valence-corrected chi connectivity index (χ2v) is 4.19. The minimum absolute atomic E-state index is 0. The molecule has 0 aliphatic carbocycles. The summed E-state index contributed by atoms with van der Waals surface area (Å²) < 4.78 is 23.7. The maximum atomic E-state index is 13.3. The van der Waals surface area contributed by atoms with Crippen LogP contribution in [0.25, 0.3) is 0 Å². The van der Waals surface area contributed by atoms with Crippen LogP contribution in [-0.4, -0.2) is 23.3 Å². The Bertz CT molecular complexity index is 593. The van der Waals surface area contributed by atoms with Crippen LogP contribution in [0.3, 0.4) is 0 Å². The molecule has 0 fully saturated rings. The zero-order valence-electron chi connectivity index (χ0n) is 10.6. The van der Waals surface area contributed by atoms with E-state index in [0.717, 1.165) is 0 Å². The molecule has 3 rings (SSSR count). The molecule has 2 aromatic rings. The average molecular weight is 301 g/mol. The second kappa shape index (κ2) is 6.06. The van der Waals surface area contributed by atoms with Gasteiger partial charge in [0.1, 0.15) is 18.2 Å². The van der Waals surface area contributed by atoms with E-state index in [4.69, 9.17) is 15.0 Å². The van der Waals surface area contributed by atoms with Crippen molar-refractivity contribution in [3.63, 3.8) is 0 Å². The molecule has 2 N–H and O–H groups in total. The molecule has 0 bridgehead atoms. The molecule has 0 spiro atoms. The highest BCUT2D eigenvalue weighted by molar-refractivity contribution is 5.85. The van der Waals surface area contributed by atoms with E-state index >= 15 is 0 Å². The van der Waals surface area contributed by atoms with Gasteiger partial charge in [0.05, 0.1) is 25.3 Å². The van der Waals surface area contributed by atoms with Gasteiger partial charge in [0.25, 0.3) is 0 Å². The lowest BCUT2D eigenvalue weighted by Gasteiger charge is -2.30. The Morgan fingerprint density at radius 3 is 3.00 bits per heavy atom. The molecule has 1 aliphatic heterocycles. The molecular weight excluding hydrogens is 287 g/mol. The Balaban J connectivity index is 0.00000147. The summed E-state index contributed by atoms with van der Waals surface area (Å²) >= 11 is 0. The Hall–Kier alpha value is -1.86. The quantitative estimate of drug-likeness (QED) is 0.925. The molecule has 0 radical (unpaired) electrons. The van der Waals surface area contributed by atoms with Crippen LogP contribution in [0.5, 0.6) is 5.75 Å². The van der Waals surface area contributed by atoms with Gasteiger partial charge in [-0.2, -0.15) is 4.98 Å². The fourth-order valence-corrected chi connectivity index (χ4v) is 2.02. The van der Waals surface area contributed by atoms with Crippen molar-refractivity contribution in [2.45, 2.75) is 13.1 Å². The number of benzene rings is 1. The third-order valence-electron chi connectivity index (χ3n) is 2.90. The lowest BCUT2D eigenvalue weighted by Crippen LogP contribution is -2.32. The molecule has 0 unspecified atom stereocenters. The van der Waals surface area contributed by atoms with Gasteiger partial charge in [-0.15, -0.1) is 12.4 Å². The van der Waals surface area contributed by atoms with Gasteiger partial charge in [-0.05, 0) is 12.1 Å². The highest BCUT2D eigenvalue weighted by atomic mass is 35.5. The molecule has 0 amide bonds. The molecule has 1 aromatic carbocycles. The predicted molar refractivity (Wildman–Crippen MR) is 72.4 cm³/mol. The summed E-state index contributed by atoms with van der Waals surface area (Å²) in [6.45, 7) is 1.83. The summed E-state index contributed by atoms with van der Waals surface area (Å²) in [6.07, 6.45) is 0. The molecule has 0 atom stereocenters. The fourth-order valence-electron chi connectivity index (χ4n) is 2.02. The summed E-state index contributed by atoms with van der Waals surface area (Å²) in [7, 11) is 0. The van der Waals surface area contributed by atoms with Crippen LogP contribution in [0.4, 0.5) is 10.1 Å². The lowest BCUT2D eigenvalue weighted by atomic mass is 10.2. The van der Waals surface area contributed by atoms with Crippen molar-refractivity contribution < 1.29 is 13.7 Å². The van der Waals surface area contributed by atoms with E-state index in [1.165, 1.54) is 12.1 Å². The van der Waals surface area contributed by atoms with E-state index in [1.54, 1.807) is 6.07 Å². The van der Waals surface area contributed by atoms with Crippen molar-refractivity contribution in [1.29, 1.82) is 0 Å². The number of rotatable bonds is 3. The van der Waals surface area contributed by atoms with Gasteiger partial charge in [0.15, 0.2) is 5.82 Å². The Morgan fingerprint density at radius 1 is 1.40 bits per heavy atom. The fraction of sp³-hybridized carbons (Fsp3) is 0.333. The monoisotopic (exact) mass is 300 g/mol. The first-order chi connectivity index (χ1) is 9.26. The van der Waals surface area contributed by atoms with Crippen molar-refractivity contribution in [3.8, 4) is 5.75 Å². The van der Waals surface area contributed by atoms with E-state index in [0.29, 0.717) is 42.8 Å². The molecule has 8 heteroatoms. The number of hydrogen-bond donors (Lipinski definition) is 1. The highest BCUT2D eigenvalue weighted by Gasteiger charge is 2.20. The number of fused-ring (bicyclic) bond motifs is 1. The SMILES string of the molecule is Cl.NCc1nc(CN2CCOc3ccc(F)cc32)no1. The van der Waals surface area contributed by atoms with Crippen molar-refractivity contribution in [3.05, 3.63) is 35.7 Å². The van der Waals surface area contributed by atoms with Crippen molar-refractivity contribution >= 4 is 18.1 Å². The maximum absolute atomic E-state index is 13.3. The molecule has 108 valence electrons. The van der Waals surface area contributed by atoms with Crippen molar-refractivity contribution in [1.82, 2.24) is 10.1 Å². The molecule has 2 heterocycles. The third-order valence-corrected chi connectivity index (χ3v) is 2.90. The summed E-state index contributed by atoms with van der Waals surface area (Å²) in [5.41, 5.74) is 6.11. The minimum atomic E-state index is -0.301. The van der Waals surface area contributed by atoms with Crippen LogP contribution in [0.15, 0.2) is 22.7 Å². The topological polar surface area (TPSA) is 77.4 Å². The third kappa shape index (κ3) is 2.83. The average Bonchev–Trinajstić information content (AvgIpc) is 2.87. The molecule has 6 nitrogen and oxygen atoms in total. The van der Waals surface area contributed by atoms with Gasteiger partial charge in [0, 0.05) is 6.07 Å². The molecule has 0 saturated heterocycles. The van der Waals surface area contributed by atoms with Gasteiger partial charge >= 0.3 is 0 Å². The standard InChI is InChI=1S/C12H13FN4O2.ClH/c13-8-1-2-10-9(5-8)17(3-4-18-10)7-11-15-12(6-14)19-16-11;/h1-2,5H,3-4,6-7,14H2;1H. The van der Waals surface area contributed by atoms with E-state index in [1.807, 2.05) is 4.90 Å². The van der Waals surface area contributed by atoms with Gasteiger partial charge in [-0.25, -0.2) is 4.39 Å². The van der Waals surface area contributed by atoms with Crippen LogP contribution in [-0.2, 0) is 13.1 Å². The van der Waals surface area contributed by atoms with Crippen molar-refractivity contribution in [2.24, 2.45) is 5.73 Å².